The molecular weight excluding hydrogens is 444 g/mol. The van der Waals surface area contributed by atoms with Crippen molar-refractivity contribution in [3.8, 4) is 22.8 Å². The van der Waals surface area contributed by atoms with Crippen LogP contribution in [-0.4, -0.2) is 41.4 Å². The van der Waals surface area contributed by atoms with Crippen LogP contribution in [0.2, 0.25) is 0 Å². The largest absolute Gasteiger partial charge is 0.438 e. The number of rotatable bonds is 5. The fourth-order valence-electron chi connectivity index (χ4n) is 3.28. The molecule has 4 rings (SSSR count). The first kappa shape index (κ1) is 22.7. The van der Waals surface area contributed by atoms with Crippen LogP contribution in [0.25, 0.3) is 11.1 Å². The van der Waals surface area contributed by atoms with Crippen LogP contribution in [0.15, 0.2) is 60.8 Å². The van der Waals surface area contributed by atoms with E-state index in [0.717, 1.165) is 24.3 Å². The van der Waals surface area contributed by atoms with Crippen molar-refractivity contribution in [2.45, 2.75) is 18.3 Å². The van der Waals surface area contributed by atoms with Gasteiger partial charge in [-0.15, -0.1) is 0 Å². The highest BCUT2D eigenvalue weighted by atomic mass is 19.4. The van der Waals surface area contributed by atoms with Gasteiger partial charge in [-0.2, -0.15) is 13.2 Å². The Balaban J connectivity index is 1.65. The van der Waals surface area contributed by atoms with Crippen molar-refractivity contribution in [3.05, 3.63) is 77.7 Å². The first-order valence-corrected chi connectivity index (χ1v) is 9.88. The van der Waals surface area contributed by atoms with E-state index in [1.165, 1.54) is 30.5 Å². The Morgan fingerprint density at radius 2 is 1.88 bits per heavy atom. The molecule has 10 heteroatoms. The highest BCUT2D eigenvalue weighted by Gasteiger charge is 2.30. The molecule has 2 aromatic carbocycles. The maximum absolute atomic E-state index is 13.9. The van der Waals surface area contributed by atoms with E-state index in [4.69, 9.17) is 9.47 Å². The molecule has 2 heterocycles. The molecule has 1 amide bonds. The highest BCUT2D eigenvalue weighted by Crippen LogP contribution is 2.35. The molecule has 1 fully saturated rings. The van der Waals surface area contributed by atoms with E-state index in [9.17, 15) is 27.5 Å². The Hall–Kier alpha value is -3.50. The summed E-state index contributed by atoms with van der Waals surface area (Å²) < 4.78 is 63.1. The fourth-order valence-corrected chi connectivity index (χ4v) is 3.28. The molecule has 0 spiro atoms. The maximum atomic E-state index is 13.9. The van der Waals surface area contributed by atoms with Gasteiger partial charge in [0.15, 0.2) is 0 Å². The number of nitrogens with one attached hydrogen (secondary N) is 1. The van der Waals surface area contributed by atoms with Crippen molar-refractivity contribution >= 4 is 5.91 Å². The van der Waals surface area contributed by atoms with Crippen molar-refractivity contribution in [1.29, 1.82) is 0 Å². The van der Waals surface area contributed by atoms with Crippen molar-refractivity contribution in [2.75, 3.05) is 13.2 Å². The molecule has 0 saturated carbocycles. The predicted octanol–water partition coefficient (Wildman–Crippen LogP) is 4.19. The smallest absolute Gasteiger partial charge is 0.416 e. The van der Waals surface area contributed by atoms with Gasteiger partial charge in [0.05, 0.1) is 36.5 Å². The van der Waals surface area contributed by atoms with E-state index in [-0.39, 0.29) is 36.0 Å². The first-order valence-electron chi connectivity index (χ1n) is 9.88. The third-order valence-corrected chi connectivity index (χ3v) is 5.01. The van der Waals surface area contributed by atoms with E-state index in [1.807, 2.05) is 0 Å². The van der Waals surface area contributed by atoms with Gasteiger partial charge >= 0.3 is 6.18 Å². The van der Waals surface area contributed by atoms with E-state index in [0.29, 0.717) is 5.56 Å². The average Bonchev–Trinajstić information content (AvgIpc) is 3.18. The molecule has 0 aliphatic carbocycles. The van der Waals surface area contributed by atoms with Crippen LogP contribution in [0, 0.1) is 5.82 Å². The molecule has 1 aromatic heterocycles. The maximum Gasteiger partial charge on any atom is 0.416 e. The van der Waals surface area contributed by atoms with Crippen molar-refractivity contribution in [3.63, 3.8) is 0 Å². The number of alkyl halides is 3. The van der Waals surface area contributed by atoms with Crippen LogP contribution in [-0.2, 0) is 10.9 Å². The van der Waals surface area contributed by atoms with Gasteiger partial charge in [0.25, 0.3) is 5.91 Å². The summed E-state index contributed by atoms with van der Waals surface area (Å²) in [5.41, 5.74) is -0.111. The fraction of sp³-hybridized carbons (Fsp3) is 0.217. The van der Waals surface area contributed by atoms with Crippen LogP contribution < -0.4 is 10.1 Å². The van der Waals surface area contributed by atoms with Crippen molar-refractivity contribution in [2.24, 2.45) is 0 Å². The molecular formula is C23H18F4N2O4. The second kappa shape index (κ2) is 9.16. The molecule has 2 N–H and O–H groups in total. The molecule has 0 bridgehead atoms. The van der Waals surface area contributed by atoms with Crippen LogP contribution in [0.1, 0.15) is 15.9 Å². The summed E-state index contributed by atoms with van der Waals surface area (Å²) in [6.07, 6.45) is -4.11. The molecule has 0 unspecified atom stereocenters. The quantitative estimate of drug-likeness (QED) is 0.556. The molecule has 1 aliphatic heterocycles. The summed E-state index contributed by atoms with van der Waals surface area (Å²) in [5.74, 6) is -1.01. The first-order chi connectivity index (χ1) is 15.7. The van der Waals surface area contributed by atoms with Gasteiger partial charge in [-0.3, -0.25) is 4.79 Å². The lowest BCUT2D eigenvalue weighted by Gasteiger charge is -2.16. The van der Waals surface area contributed by atoms with Gasteiger partial charge in [-0.1, -0.05) is 12.1 Å². The van der Waals surface area contributed by atoms with Crippen LogP contribution in [0.3, 0.4) is 0 Å². The summed E-state index contributed by atoms with van der Waals surface area (Å²) in [5, 5.41) is 12.5. The number of ether oxygens (including phenoxy) is 2. The Labute approximate surface area is 185 Å². The standard InChI is InChI=1S/C23H18F4N2O4/c24-16-3-1-2-13(8-16)18-9-14(21(31)29-19-11-32-12-20(19)30)10-28-22(18)33-17-6-4-15(5-7-17)23(25,26)27/h1-10,19-20,30H,11-12H2,(H,29,31)/t19-,20+/m0/s1. The average molecular weight is 462 g/mol. The second-order valence-electron chi connectivity index (χ2n) is 7.40. The Morgan fingerprint density at radius 3 is 2.52 bits per heavy atom. The van der Waals surface area contributed by atoms with Gasteiger partial charge in [-0.25, -0.2) is 9.37 Å². The number of carbonyl (C=O) groups excluding carboxylic acids is 1. The molecule has 0 radical (unpaired) electrons. The van der Waals surface area contributed by atoms with E-state index < -0.39 is 35.6 Å². The minimum atomic E-state index is -4.49. The second-order valence-corrected chi connectivity index (χ2v) is 7.40. The van der Waals surface area contributed by atoms with Crippen LogP contribution >= 0.6 is 0 Å². The number of hydrogen-bond donors (Lipinski definition) is 2. The summed E-state index contributed by atoms with van der Waals surface area (Å²) in [6.45, 7) is 0.268. The summed E-state index contributed by atoms with van der Waals surface area (Å²) in [6, 6.07) is 10.4. The predicted molar refractivity (Wildman–Crippen MR) is 109 cm³/mol. The number of amides is 1. The van der Waals surface area contributed by atoms with Gasteiger partial charge in [-0.05, 0) is 48.0 Å². The number of aliphatic hydroxyl groups excluding tert-OH is 1. The van der Waals surface area contributed by atoms with E-state index in [2.05, 4.69) is 10.3 Å². The third-order valence-electron chi connectivity index (χ3n) is 5.01. The van der Waals surface area contributed by atoms with Crippen LogP contribution in [0.4, 0.5) is 17.6 Å². The number of carbonyl (C=O) groups is 1. The molecule has 33 heavy (non-hydrogen) atoms. The van der Waals surface area contributed by atoms with Gasteiger partial charge in [0.1, 0.15) is 11.6 Å². The van der Waals surface area contributed by atoms with Crippen molar-refractivity contribution in [1.82, 2.24) is 10.3 Å². The molecule has 2 atom stereocenters. The summed E-state index contributed by atoms with van der Waals surface area (Å²) in [4.78, 5) is 16.8. The normalized spacial score (nSPS) is 18.2. The number of pyridine rings is 1. The van der Waals surface area contributed by atoms with E-state index in [1.54, 1.807) is 6.07 Å². The zero-order valence-corrected chi connectivity index (χ0v) is 17.0. The Bertz CT molecular complexity index is 1150. The lowest BCUT2D eigenvalue weighted by molar-refractivity contribution is -0.137. The van der Waals surface area contributed by atoms with Gasteiger partial charge in [0, 0.05) is 11.8 Å². The lowest BCUT2D eigenvalue weighted by atomic mass is 10.0. The molecule has 3 aromatic rings. The van der Waals surface area contributed by atoms with Crippen molar-refractivity contribution < 1.29 is 36.9 Å². The van der Waals surface area contributed by atoms with E-state index >= 15 is 0 Å². The number of aromatic nitrogens is 1. The van der Waals surface area contributed by atoms with Gasteiger partial charge in [0.2, 0.25) is 5.88 Å². The minimum Gasteiger partial charge on any atom is -0.438 e. The monoisotopic (exact) mass is 462 g/mol. The summed E-state index contributed by atoms with van der Waals surface area (Å²) in [7, 11) is 0. The number of hydrogen-bond acceptors (Lipinski definition) is 5. The van der Waals surface area contributed by atoms with Gasteiger partial charge < -0.3 is 19.9 Å². The highest BCUT2D eigenvalue weighted by molar-refractivity contribution is 5.95. The number of benzene rings is 2. The number of halogens is 4. The Morgan fingerprint density at radius 1 is 1.12 bits per heavy atom. The molecule has 1 saturated heterocycles. The Kier molecular flexibility index (Phi) is 6.30. The SMILES string of the molecule is O=C(N[C@H]1COC[C@H]1O)c1cnc(Oc2ccc(C(F)(F)F)cc2)c(-c2cccc(F)c2)c1. The third kappa shape index (κ3) is 5.29. The minimum absolute atomic E-state index is 0.0267. The van der Waals surface area contributed by atoms with Crippen LogP contribution in [0.5, 0.6) is 11.6 Å². The molecule has 172 valence electrons. The number of nitrogens with zero attached hydrogens (tertiary/aromatic N) is 1. The zero-order chi connectivity index (χ0) is 23.6. The number of aliphatic hydroxyl groups is 1. The molecule has 1 aliphatic rings. The summed E-state index contributed by atoms with van der Waals surface area (Å²) >= 11 is 0. The lowest BCUT2D eigenvalue weighted by Crippen LogP contribution is -2.42. The topological polar surface area (TPSA) is 80.7 Å². The molecule has 6 nitrogen and oxygen atoms in total. The zero-order valence-electron chi connectivity index (χ0n) is 17.0.